The number of hydrogen-bond acceptors (Lipinski definition) is 3. The summed E-state index contributed by atoms with van der Waals surface area (Å²) in [5.41, 5.74) is 3.66. The summed E-state index contributed by atoms with van der Waals surface area (Å²) in [5, 5.41) is 3.20. The van der Waals surface area contributed by atoms with Gasteiger partial charge in [-0.1, -0.05) is 41.4 Å². The highest BCUT2D eigenvalue weighted by atomic mass is 35.5. The third-order valence-electron chi connectivity index (χ3n) is 4.75. The van der Waals surface area contributed by atoms with E-state index in [9.17, 15) is 13.2 Å². The number of amides is 1. The second-order valence-electron chi connectivity index (χ2n) is 7.02. The molecule has 0 saturated carbocycles. The van der Waals surface area contributed by atoms with Crippen molar-refractivity contribution in [2.24, 2.45) is 0 Å². The Hall–Kier alpha value is -1.93. The van der Waals surface area contributed by atoms with Gasteiger partial charge in [-0.25, -0.2) is 0 Å². The number of carbonyl (C=O) groups excluding carboxylic acids is 1. The van der Waals surface area contributed by atoms with Crippen molar-refractivity contribution < 1.29 is 13.2 Å². The molecule has 6 nitrogen and oxygen atoms in total. The van der Waals surface area contributed by atoms with Crippen LogP contribution in [-0.4, -0.2) is 42.6 Å². The van der Waals surface area contributed by atoms with Crippen LogP contribution in [0.4, 0.5) is 5.69 Å². The van der Waals surface area contributed by atoms with Crippen molar-refractivity contribution >= 4 is 33.4 Å². The third kappa shape index (κ3) is 4.91. The summed E-state index contributed by atoms with van der Waals surface area (Å²) in [6, 6.07) is 12.8. The Balaban J connectivity index is 1.70. The highest BCUT2D eigenvalue weighted by molar-refractivity contribution is 7.86. The molecule has 1 aliphatic heterocycles. The zero-order valence-corrected chi connectivity index (χ0v) is 17.6. The summed E-state index contributed by atoms with van der Waals surface area (Å²) in [6.45, 7) is 4.82. The van der Waals surface area contributed by atoms with Gasteiger partial charge in [0.25, 0.3) is 10.2 Å². The molecule has 0 aromatic heterocycles. The topological polar surface area (TPSA) is 69.7 Å². The second-order valence-corrected chi connectivity index (χ2v) is 9.38. The van der Waals surface area contributed by atoms with Gasteiger partial charge in [-0.15, -0.1) is 0 Å². The van der Waals surface area contributed by atoms with Crippen LogP contribution in [-0.2, 0) is 21.5 Å². The molecule has 0 atom stereocenters. The van der Waals surface area contributed by atoms with Gasteiger partial charge in [0, 0.05) is 30.3 Å². The van der Waals surface area contributed by atoms with Crippen molar-refractivity contribution in [1.29, 1.82) is 0 Å². The molecule has 1 fully saturated rings. The highest BCUT2D eigenvalue weighted by Crippen LogP contribution is 2.22. The van der Waals surface area contributed by atoms with Gasteiger partial charge in [0.2, 0.25) is 5.91 Å². The van der Waals surface area contributed by atoms with Crippen LogP contribution in [0.3, 0.4) is 0 Å². The van der Waals surface area contributed by atoms with Crippen LogP contribution in [0.15, 0.2) is 42.5 Å². The van der Waals surface area contributed by atoms with Crippen LogP contribution in [0, 0.1) is 13.8 Å². The lowest BCUT2D eigenvalue weighted by atomic mass is 10.1. The smallest absolute Gasteiger partial charge is 0.282 e. The van der Waals surface area contributed by atoms with Gasteiger partial charge in [0.05, 0.1) is 6.54 Å². The molecular weight excluding hydrogens is 398 g/mol. The maximum absolute atomic E-state index is 13.0. The molecule has 0 spiro atoms. The fourth-order valence-electron chi connectivity index (χ4n) is 3.23. The number of aryl methyl sites for hydroxylation is 2. The standard InChI is InChI=1S/C20H24ClN3O3S/c1-15-7-8-16(2)17(11-15)13-23-9-4-10-24(28(23,26)27)14-20(25)22-19-6-3-5-18(21)12-19/h3,5-8,11-12H,4,9-10,13-14H2,1-2H3,(H,22,25). The summed E-state index contributed by atoms with van der Waals surface area (Å²) >= 11 is 5.92. The molecule has 0 aliphatic carbocycles. The molecule has 1 saturated heterocycles. The number of nitrogens with one attached hydrogen (secondary N) is 1. The van der Waals surface area contributed by atoms with E-state index in [1.165, 1.54) is 8.61 Å². The lowest BCUT2D eigenvalue weighted by Gasteiger charge is -2.34. The Morgan fingerprint density at radius 1 is 1.11 bits per heavy atom. The average Bonchev–Trinajstić information content (AvgIpc) is 2.61. The third-order valence-corrected chi connectivity index (χ3v) is 6.91. The Morgan fingerprint density at radius 3 is 2.61 bits per heavy atom. The zero-order chi connectivity index (χ0) is 20.3. The number of benzene rings is 2. The molecule has 2 aromatic carbocycles. The molecule has 0 unspecified atom stereocenters. The Kier molecular flexibility index (Phi) is 6.40. The first-order valence-electron chi connectivity index (χ1n) is 9.12. The van der Waals surface area contributed by atoms with E-state index in [0.717, 1.165) is 16.7 Å². The quantitative estimate of drug-likeness (QED) is 0.804. The predicted molar refractivity (Wildman–Crippen MR) is 112 cm³/mol. The van der Waals surface area contributed by atoms with Gasteiger partial charge in [-0.2, -0.15) is 17.0 Å². The summed E-state index contributed by atoms with van der Waals surface area (Å²) in [5.74, 6) is -0.389. The van der Waals surface area contributed by atoms with Crippen molar-refractivity contribution in [2.75, 3.05) is 25.0 Å². The fourth-order valence-corrected chi connectivity index (χ4v) is 5.05. The summed E-state index contributed by atoms with van der Waals surface area (Å²) in [6.07, 6.45) is 0.675. The van der Waals surface area contributed by atoms with E-state index in [2.05, 4.69) is 5.32 Å². The van der Waals surface area contributed by atoms with E-state index in [1.807, 2.05) is 32.0 Å². The summed E-state index contributed by atoms with van der Waals surface area (Å²) in [7, 11) is -3.71. The molecule has 1 heterocycles. The fraction of sp³-hybridized carbons (Fsp3) is 0.350. The first kappa shape index (κ1) is 20.8. The molecule has 3 rings (SSSR count). The van der Waals surface area contributed by atoms with Crippen molar-refractivity contribution in [3.8, 4) is 0 Å². The van der Waals surface area contributed by atoms with E-state index in [4.69, 9.17) is 11.6 Å². The minimum absolute atomic E-state index is 0.224. The normalized spacial score (nSPS) is 17.4. The Labute approximate surface area is 171 Å². The van der Waals surface area contributed by atoms with E-state index >= 15 is 0 Å². The minimum Gasteiger partial charge on any atom is -0.325 e. The van der Waals surface area contributed by atoms with Crippen molar-refractivity contribution in [3.63, 3.8) is 0 Å². The predicted octanol–water partition coefficient (Wildman–Crippen LogP) is 3.35. The van der Waals surface area contributed by atoms with E-state index in [1.54, 1.807) is 24.3 Å². The van der Waals surface area contributed by atoms with Crippen molar-refractivity contribution in [3.05, 3.63) is 64.2 Å². The SMILES string of the molecule is Cc1ccc(C)c(CN2CCCN(CC(=O)Nc3cccc(Cl)c3)S2(=O)=O)c1. The number of halogens is 1. The van der Waals surface area contributed by atoms with E-state index in [-0.39, 0.29) is 12.5 Å². The molecule has 150 valence electrons. The summed E-state index contributed by atoms with van der Waals surface area (Å²) in [4.78, 5) is 12.4. The summed E-state index contributed by atoms with van der Waals surface area (Å²) < 4.78 is 28.7. The van der Waals surface area contributed by atoms with Gasteiger partial charge < -0.3 is 5.32 Å². The largest absolute Gasteiger partial charge is 0.325 e. The average molecular weight is 422 g/mol. The molecule has 28 heavy (non-hydrogen) atoms. The molecule has 1 amide bonds. The van der Waals surface area contributed by atoms with Gasteiger partial charge in [0.15, 0.2) is 0 Å². The van der Waals surface area contributed by atoms with Crippen LogP contribution in [0.25, 0.3) is 0 Å². The maximum Gasteiger partial charge on any atom is 0.282 e. The lowest BCUT2D eigenvalue weighted by Crippen LogP contribution is -2.51. The maximum atomic E-state index is 13.0. The molecule has 1 aliphatic rings. The monoisotopic (exact) mass is 421 g/mol. The minimum atomic E-state index is -3.71. The van der Waals surface area contributed by atoms with Crippen LogP contribution < -0.4 is 5.32 Å². The first-order chi connectivity index (χ1) is 13.3. The van der Waals surface area contributed by atoms with Crippen molar-refractivity contribution in [1.82, 2.24) is 8.61 Å². The van der Waals surface area contributed by atoms with Crippen molar-refractivity contribution in [2.45, 2.75) is 26.8 Å². The first-order valence-corrected chi connectivity index (χ1v) is 10.9. The number of anilines is 1. The molecule has 1 N–H and O–H groups in total. The number of rotatable bonds is 5. The number of hydrogen-bond donors (Lipinski definition) is 1. The molecule has 2 aromatic rings. The van der Waals surface area contributed by atoms with E-state index in [0.29, 0.717) is 36.8 Å². The Morgan fingerprint density at radius 2 is 1.86 bits per heavy atom. The molecule has 0 bridgehead atoms. The van der Waals surface area contributed by atoms with E-state index < -0.39 is 10.2 Å². The molecule has 8 heteroatoms. The second kappa shape index (κ2) is 8.61. The van der Waals surface area contributed by atoms with Gasteiger partial charge in [-0.3, -0.25) is 4.79 Å². The highest BCUT2D eigenvalue weighted by Gasteiger charge is 2.34. The van der Waals surface area contributed by atoms with Gasteiger partial charge in [-0.05, 0) is 49.6 Å². The van der Waals surface area contributed by atoms with Crippen LogP contribution in [0.5, 0.6) is 0 Å². The molecule has 0 radical (unpaired) electrons. The molecular formula is C20H24ClN3O3S. The Bertz CT molecular complexity index is 978. The number of carbonyl (C=O) groups is 1. The zero-order valence-electron chi connectivity index (χ0n) is 16.0. The lowest BCUT2D eigenvalue weighted by molar-refractivity contribution is -0.116. The van der Waals surface area contributed by atoms with Crippen LogP contribution in [0.2, 0.25) is 5.02 Å². The van der Waals surface area contributed by atoms with Crippen LogP contribution in [0.1, 0.15) is 23.1 Å². The van der Waals surface area contributed by atoms with Crippen LogP contribution >= 0.6 is 11.6 Å². The van der Waals surface area contributed by atoms with Gasteiger partial charge in [0.1, 0.15) is 0 Å². The number of nitrogens with zero attached hydrogens (tertiary/aromatic N) is 2. The van der Waals surface area contributed by atoms with Gasteiger partial charge >= 0.3 is 0 Å².